The minimum absolute atomic E-state index is 0.0555. The number of hydrogen-bond donors (Lipinski definition) is 2. The standard InChI is InChI=1S/C21H26N4O5S/c1-14(2)30-18-8-6-15(12-22)10-17(18)23-13-21(26)24-16-7-9-19(29-5)20(11-16)31(27,28)25(3)4/h6-11,14,23H,13H2,1-5H3,(H,24,26). The number of carbonyl (C=O) groups is 1. The quantitative estimate of drug-likeness (QED) is 0.607. The maximum Gasteiger partial charge on any atom is 0.246 e. The van der Waals surface area contributed by atoms with Gasteiger partial charge in [0.1, 0.15) is 16.4 Å². The molecular weight excluding hydrogens is 420 g/mol. The summed E-state index contributed by atoms with van der Waals surface area (Å²) in [6.07, 6.45) is -0.0846. The van der Waals surface area contributed by atoms with Crippen LogP contribution in [0.4, 0.5) is 11.4 Å². The first kappa shape index (κ1) is 24.0. The molecule has 31 heavy (non-hydrogen) atoms. The molecule has 0 saturated carbocycles. The van der Waals surface area contributed by atoms with Crippen molar-refractivity contribution in [1.29, 1.82) is 5.26 Å². The van der Waals surface area contributed by atoms with Crippen molar-refractivity contribution in [2.24, 2.45) is 0 Å². The van der Waals surface area contributed by atoms with Gasteiger partial charge < -0.3 is 20.1 Å². The van der Waals surface area contributed by atoms with Crippen LogP contribution in [0, 0.1) is 11.3 Å². The number of methoxy groups -OCH3 is 1. The largest absolute Gasteiger partial charge is 0.495 e. The van der Waals surface area contributed by atoms with E-state index in [1.165, 1.54) is 33.3 Å². The highest BCUT2D eigenvalue weighted by molar-refractivity contribution is 7.89. The molecule has 9 nitrogen and oxygen atoms in total. The number of ether oxygens (including phenoxy) is 2. The maximum atomic E-state index is 12.5. The summed E-state index contributed by atoms with van der Waals surface area (Å²) in [5, 5.41) is 14.7. The van der Waals surface area contributed by atoms with Crippen LogP contribution in [0.2, 0.25) is 0 Å². The van der Waals surface area contributed by atoms with Crippen molar-refractivity contribution in [3.8, 4) is 17.6 Å². The van der Waals surface area contributed by atoms with Gasteiger partial charge in [0, 0.05) is 19.8 Å². The van der Waals surface area contributed by atoms with E-state index >= 15 is 0 Å². The molecule has 10 heteroatoms. The predicted molar refractivity (Wildman–Crippen MR) is 118 cm³/mol. The van der Waals surface area contributed by atoms with Gasteiger partial charge in [-0.3, -0.25) is 4.79 Å². The minimum Gasteiger partial charge on any atom is -0.495 e. The number of amides is 1. The molecule has 0 spiro atoms. The van der Waals surface area contributed by atoms with Gasteiger partial charge in [-0.25, -0.2) is 12.7 Å². The van der Waals surface area contributed by atoms with Crippen molar-refractivity contribution in [3.63, 3.8) is 0 Å². The molecule has 0 atom stereocenters. The van der Waals surface area contributed by atoms with Crippen LogP contribution < -0.4 is 20.1 Å². The Bertz CT molecular complexity index is 1090. The number of hydrogen-bond acceptors (Lipinski definition) is 7. The van der Waals surface area contributed by atoms with Gasteiger partial charge in [0.25, 0.3) is 0 Å². The van der Waals surface area contributed by atoms with Crippen molar-refractivity contribution in [1.82, 2.24) is 4.31 Å². The summed E-state index contributed by atoms with van der Waals surface area (Å²) in [4.78, 5) is 12.4. The summed E-state index contributed by atoms with van der Waals surface area (Å²) in [5.74, 6) is 0.287. The zero-order valence-corrected chi connectivity index (χ0v) is 18.9. The molecule has 0 radical (unpaired) electrons. The fraction of sp³-hybridized carbons (Fsp3) is 0.333. The van der Waals surface area contributed by atoms with Crippen LogP contribution >= 0.6 is 0 Å². The van der Waals surface area contributed by atoms with Gasteiger partial charge in [-0.15, -0.1) is 0 Å². The molecule has 0 fully saturated rings. The zero-order valence-electron chi connectivity index (χ0n) is 18.1. The van der Waals surface area contributed by atoms with Crippen LogP contribution in [0.15, 0.2) is 41.3 Å². The topological polar surface area (TPSA) is 121 Å². The Morgan fingerprint density at radius 3 is 2.42 bits per heavy atom. The van der Waals surface area contributed by atoms with Crippen LogP contribution in [0.25, 0.3) is 0 Å². The first-order chi connectivity index (χ1) is 14.6. The van der Waals surface area contributed by atoms with E-state index in [0.29, 0.717) is 22.7 Å². The first-order valence-electron chi connectivity index (χ1n) is 9.43. The SMILES string of the molecule is COc1ccc(NC(=O)CNc2cc(C#N)ccc2OC(C)C)cc1S(=O)(=O)N(C)C. The van der Waals surface area contributed by atoms with Gasteiger partial charge in [-0.05, 0) is 50.2 Å². The van der Waals surface area contributed by atoms with E-state index in [0.717, 1.165) is 4.31 Å². The van der Waals surface area contributed by atoms with Crippen LogP contribution in [0.1, 0.15) is 19.4 Å². The Labute approximate surface area is 182 Å². The van der Waals surface area contributed by atoms with Gasteiger partial charge in [0.15, 0.2) is 0 Å². The van der Waals surface area contributed by atoms with Crippen molar-refractivity contribution < 1.29 is 22.7 Å². The molecule has 0 saturated heterocycles. The number of sulfonamides is 1. The normalized spacial score (nSPS) is 11.2. The van der Waals surface area contributed by atoms with Gasteiger partial charge in [-0.1, -0.05) is 0 Å². The number of nitriles is 1. The van der Waals surface area contributed by atoms with E-state index in [-0.39, 0.29) is 23.3 Å². The van der Waals surface area contributed by atoms with Crippen molar-refractivity contribution >= 4 is 27.3 Å². The highest BCUT2D eigenvalue weighted by Crippen LogP contribution is 2.29. The predicted octanol–water partition coefficient (Wildman–Crippen LogP) is 2.65. The van der Waals surface area contributed by atoms with Gasteiger partial charge >= 0.3 is 0 Å². The van der Waals surface area contributed by atoms with Crippen molar-refractivity contribution in [2.75, 3.05) is 38.4 Å². The number of anilines is 2. The molecule has 0 aliphatic carbocycles. The van der Waals surface area contributed by atoms with Crippen LogP contribution in [-0.4, -0.2) is 52.5 Å². The lowest BCUT2D eigenvalue weighted by molar-refractivity contribution is -0.114. The second kappa shape index (κ2) is 10.1. The number of nitrogens with one attached hydrogen (secondary N) is 2. The first-order valence-corrected chi connectivity index (χ1v) is 10.9. The smallest absolute Gasteiger partial charge is 0.246 e. The molecule has 0 aromatic heterocycles. The number of benzene rings is 2. The lowest BCUT2D eigenvalue weighted by Gasteiger charge is -2.17. The fourth-order valence-corrected chi connectivity index (χ4v) is 3.70. The Kier molecular flexibility index (Phi) is 7.85. The number of carbonyl (C=O) groups excluding carboxylic acids is 1. The van der Waals surface area contributed by atoms with Crippen LogP contribution in [0.5, 0.6) is 11.5 Å². The zero-order chi connectivity index (χ0) is 23.2. The average molecular weight is 447 g/mol. The summed E-state index contributed by atoms with van der Waals surface area (Å²) in [6.45, 7) is 3.63. The summed E-state index contributed by atoms with van der Waals surface area (Å²) in [5.41, 5.74) is 1.23. The van der Waals surface area contributed by atoms with E-state index in [9.17, 15) is 13.2 Å². The molecule has 0 aliphatic rings. The Morgan fingerprint density at radius 2 is 1.84 bits per heavy atom. The third kappa shape index (κ3) is 6.10. The highest BCUT2D eigenvalue weighted by Gasteiger charge is 2.23. The summed E-state index contributed by atoms with van der Waals surface area (Å²) in [7, 11) is 0.435. The summed E-state index contributed by atoms with van der Waals surface area (Å²) >= 11 is 0. The maximum absolute atomic E-state index is 12.5. The molecule has 1 amide bonds. The minimum atomic E-state index is -3.76. The van der Waals surface area contributed by atoms with E-state index in [2.05, 4.69) is 10.6 Å². The fourth-order valence-electron chi connectivity index (χ4n) is 2.63. The van der Waals surface area contributed by atoms with E-state index in [1.54, 1.807) is 24.3 Å². The molecule has 0 heterocycles. The molecule has 2 aromatic carbocycles. The van der Waals surface area contributed by atoms with E-state index < -0.39 is 15.9 Å². The van der Waals surface area contributed by atoms with E-state index in [1.807, 2.05) is 19.9 Å². The monoisotopic (exact) mass is 446 g/mol. The second-order valence-corrected chi connectivity index (χ2v) is 9.16. The van der Waals surface area contributed by atoms with Crippen LogP contribution in [0.3, 0.4) is 0 Å². The Hall–Kier alpha value is -3.29. The molecule has 2 aromatic rings. The van der Waals surface area contributed by atoms with E-state index in [4.69, 9.17) is 14.7 Å². The Morgan fingerprint density at radius 1 is 1.16 bits per heavy atom. The number of rotatable bonds is 9. The summed E-state index contributed by atoms with van der Waals surface area (Å²) in [6, 6.07) is 11.3. The van der Waals surface area contributed by atoms with Crippen LogP contribution in [-0.2, 0) is 14.8 Å². The second-order valence-electron chi connectivity index (χ2n) is 7.04. The van der Waals surface area contributed by atoms with Gasteiger partial charge in [0.2, 0.25) is 15.9 Å². The number of nitrogens with zero attached hydrogens (tertiary/aromatic N) is 2. The molecule has 2 N–H and O–H groups in total. The third-order valence-corrected chi connectivity index (χ3v) is 5.95. The van der Waals surface area contributed by atoms with Gasteiger partial charge in [0.05, 0.1) is 37.1 Å². The summed E-state index contributed by atoms with van der Waals surface area (Å²) < 4.78 is 37.0. The average Bonchev–Trinajstić information content (AvgIpc) is 2.72. The van der Waals surface area contributed by atoms with Gasteiger partial charge in [-0.2, -0.15) is 5.26 Å². The Balaban J connectivity index is 2.18. The van der Waals surface area contributed by atoms with Crippen molar-refractivity contribution in [3.05, 3.63) is 42.0 Å². The molecule has 0 unspecified atom stereocenters. The lowest BCUT2D eigenvalue weighted by atomic mass is 10.2. The molecular formula is C21H26N4O5S. The highest BCUT2D eigenvalue weighted by atomic mass is 32.2. The molecule has 0 bridgehead atoms. The third-order valence-electron chi connectivity index (χ3n) is 4.12. The molecule has 0 aliphatic heterocycles. The lowest BCUT2D eigenvalue weighted by Crippen LogP contribution is -2.24. The van der Waals surface area contributed by atoms with Crippen molar-refractivity contribution in [2.45, 2.75) is 24.8 Å². The molecule has 166 valence electrons. The molecule has 2 rings (SSSR count).